The normalized spacial score (nSPS) is 10.2. The Morgan fingerprint density at radius 1 is 1.50 bits per heavy atom. The lowest BCUT2D eigenvalue weighted by atomic mass is 10.3. The van der Waals surface area contributed by atoms with Crippen molar-refractivity contribution in [2.75, 3.05) is 12.3 Å². The van der Waals surface area contributed by atoms with Crippen LogP contribution in [0, 0.1) is 0 Å². The molecule has 0 radical (unpaired) electrons. The molecule has 0 aliphatic rings. The smallest absolute Gasteiger partial charge is 0.267 e. The van der Waals surface area contributed by atoms with Crippen LogP contribution in [0.5, 0.6) is 0 Å². The highest BCUT2D eigenvalue weighted by atomic mass is 16.1. The Hall–Kier alpha value is -2.24. The molecule has 0 saturated carbocycles. The lowest BCUT2D eigenvalue weighted by Crippen LogP contribution is -2.26. The molecular weight excluding hydrogens is 206 g/mol. The van der Waals surface area contributed by atoms with E-state index in [1.54, 1.807) is 24.7 Å². The fourth-order valence-corrected chi connectivity index (χ4v) is 1.37. The van der Waals surface area contributed by atoms with Crippen LogP contribution in [0.4, 0.5) is 5.69 Å². The lowest BCUT2D eigenvalue weighted by molar-refractivity contribution is 0.0949. The van der Waals surface area contributed by atoms with Crippen molar-refractivity contribution in [1.29, 1.82) is 0 Å². The van der Waals surface area contributed by atoms with Crippen LogP contribution >= 0.6 is 0 Å². The number of nitrogens with zero attached hydrogens (tertiary/aromatic N) is 1. The molecular formula is C10H13N5O. The van der Waals surface area contributed by atoms with Gasteiger partial charge in [-0.05, 0) is 6.07 Å². The molecule has 6 heteroatoms. The summed E-state index contributed by atoms with van der Waals surface area (Å²) >= 11 is 0. The zero-order valence-electron chi connectivity index (χ0n) is 8.66. The van der Waals surface area contributed by atoms with E-state index in [9.17, 15) is 4.79 Å². The first-order valence-electron chi connectivity index (χ1n) is 4.96. The number of carbonyl (C=O) groups excluding carboxylic acids is 1. The van der Waals surface area contributed by atoms with Crippen molar-refractivity contribution in [3.05, 3.63) is 36.2 Å². The third-order valence-electron chi connectivity index (χ3n) is 2.15. The molecule has 0 fully saturated rings. The van der Waals surface area contributed by atoms with E-state index in [1.807, 2.05) is 0 Å². The summed E-state index contributed by atoms with van der Waals surface area (Å²) in [6.07, 6.45) is 5.70. The average molecular weight is 219 g/mol. The molecule has 0 unspecified atom stereocenters. The number of hydrogen-bond donors (Lipinski definition) is 4. The van der Waals surface area contributed by atoms with Crippen molar-refractivity contribution in [3.8, 4) is 0 Å². The van der Waals surface area contributed by atoms with Gasteiger partial charge in [-0.2, -0.15) is 0 Å². The Morgan fingerprint density at radius 3 is 3.00 bits per heavy atom. The van der Waals surface area contributed by atoms with E-state index in [0.717, 1.165) is 5.82 Å². The first kappa shape index (κ1) is 10.3. The van der Waals surface area contributed by atoms with Gasteiger partial charge in [-0.25, -0.2) is 4.98 Å². The number of rotatable bonds is 4. The Kier molecular flexibility index (Phi) is 2.90. The molecule has 0 bridgehead atoms. The predicted octanol–water partition coefficient (Wildman–Crippen LogP) is 0.292. The van der Waals surface area contributed by atoms with Crippen LogP contribution in [0.3, 0.4) is 0 Å². The standard InChI is InChI=1S/C10H13N5O/c11-7-5-8(15-6-7)10(16)14-2-1-9-12-3-4-13-9/h3-6,15H,1-2,11H2,(H,12,13)(H,14,16). The quantitative estimate of drug-likeness (QED) is 0.594. The minimum atomic E-state index is -0.164. The van der Waals surface area contributed by atoms with E-state index >= 15 is 0 Å². The number of amides is 1. The molecule has 2 aromatic heterocycles. The number of carbonyl (C=O) groups is 1. The van der Waals surface area contributed by atoms with E-state index in [-0.39, 0.29) is 5.91 Å². The molecule has 1 amide bonds. The number of nitrogens with one attached hydrogen (secondary N) is 3. The molecule has 5 N–H and O–H groups in total. The van der Waals surface area contributed by atoms with Gasteiger partial charge in [0.15, 0.2) is 0 Å². The maximum absolute atomic E-state index is 11.6. The summed E-state index contributed by atoms with van der Waals surface area (Å²) in [6.45, 7) is 0.533. The molecule has 0 atom stereocenters. The minimum Gasteiger partial charge on any atom is -0.397 e. The van der Waals surface area contributed by atoms with Gasteiger partial charge < -0.3 is 21.0 Å². The fraction of sp³-hybridized carbons (Fsp3) is 0.200. The van der Waals surface area contributed by atoms with Crippen LogP contribution in [0.1, 0.15) is 16.3 Å². The lowest BCUT2D eigenvalue weighted by Gasteiger charge is -2.01. The summed E-state index contributed by atoms with van der Waals surface area (Å²) in [5, 5.41) is 2.76. The third-order valence-corrected chi connectivity index (χ3v) is 2.15. The van der Waals surface area contributed by atoms with Gasteiger partial charge in [-0.15, -0.1) is 0 Å². The molecule has 2 heterocycles. The van der Waals surface area contributed by atoms with Crippen molar-refractivity contribution in [3.63, 3.8) is 0 Å². The van der Waals surface area contributed by atoms with Crippen molar-refractivity contribution in [2.24, 2.45) is 0 Å². The van der Waals surface area contributed by atoms with E-state index in [4.69, 9.17) is 5.73 Å². The third kappa shape index (κ3) is 2.41. The van der Waals surface area contributed by atoms with Crippen LogP contribution in [0.25, 0.3) is 0 Å². The molecule has 6 nitrogen and oxygen atoms in total. The molecule has 84 valence electrons. The van der Waals surface area contributed by atoms with E-state index in [2.05, 4.69) is 20.3 Å². The van der Waals surface area contributed by atoms with Crippen LogP contribution in [-0.2, 0) is 6.42 Å². The van der Waals surface area contributed by atoms with Gasteiger partial charge in [0.1, 0.15) is 11.5 Å². The van der Waals surface area contributed by atoms with E-state index in [1.165, 1.54) is 0 Å². The maximum atomic E-state index is 11.6. The molecule has 2 rings (SSSR count). The van der Waals surface area contributed by atoms with Crippen LogP contribution in [0.15, 0.2) is 24.7 Å². The van der Waals surface area contributed by atoms with Gasteiger partial charge in [0.25, 0.3) is 5.91 Å². The van der Waals surface area contributed by atoms with Crippen LogP contribution < -0.4 is 11.1 Å². The summed E-state index contributed by atoms with van der Waals surface area (Å²) in [7, 11) is 0. The number of aromatic amines is 2. The molecule has 0 aromatic carbocycles. The zero-order valence-corrected chi connectivity index (χ0v) is 8.66. The number of anilines is 1. The van der Waals surface area contributed by atoms with E-state index < -0.39 is 0 Å². The maximum Gasteiger partial charge on any atom is 0.267 e. The molecule has 2 aromatic rings. The highest BCUT2D eigenvalue weighted by Gasteiger charge is 2.06. The zero-order chi connectivity index (χ0) is 11.4. The molecule has 16 heavy (non-hydrogen) atoms. The summed E-state index contributed by atoms with van der Waals surface area (Å²) < 4.78 is 0. The second kappa shape index (κ2) is 4.52. The number of H-pyrrole nitrogens is 2. The Labute approximate surface area is 92.3 Å². The number of aromatic nitrogens is 3. The van der Waals surface area contributed by atoms with Gasteiger partial charge in [-0.3, -0.25) is 4.79 Å². The van der Waals surface area contributed by atoms with Crippen molar-refractivity contribution in [2.45, 2.75) is 6.42 Å². The van der Waals surface area contributed by atoms with E-state index in [0.29, 0.717) is 24.3 Å². The second-order valence-corrected chi connectivity index (χ2v) is 3.39. The monoisotopic (exact) mass is 219 g/mol. The highest BCUT2D eigenvalue weighted by molar-refractivity contribution is 5.93. The molecule has 0 aliphatic heterocycles. The number of nitrogen functional groups attached to an aromatic ring is 1. The summed E-state index contributed by atoms with van der Waals surface area (Å²) in [5.74, 6) is 0.689. The topological polar surface area (TPSA) is 99.6 Å². The summed E-state index contributed by atoms with van der Waals surface area (Å²) in [4.78, 5) is 21.4. The Bertz CT molecular complexity index is 459. The minimum absolute atomic E-state index is 0.164. The van der Waals surface area contributed by atoms with Gasteiger partial charge in [0.2, 0.25) is 0 Å². The summed E-state index contributed by atoms with van der Waals surface area (Å²) in [6, 6.07) is 1.60. The second-order valence-electron chi connectivity index (χ2n) is 3.39. The average Bonchev–Trinajstić information content (AvgIpc) is 2.89. The molecule has 0 spiro atoms. The van der Waals surface area contributed by atoms with Crippen molar-refractivity contribution < 1.29 is 4.79 Å². The Balaban J connectivity index is 1.80. The molecule has 0 saturated heterocycles. The number of imidazole rings is 1. The van der Waals surface area contributed by atoms with Crippen LogP contribution in [0.2, 0.25) is 0 Å². The first-order valence-corrected chi connectivity index (χ1v) is 4.96. The van der Waals surface area contributed by atoms with Gasteiger partial charge >= 0.3 is 0 Å². The fourth-order valence-electron chi connectivity index (χ4n) is 1.37. The van der Waals surface area contributed by atoms with Crippen molar-refractivity contribution >= 4 is 11.6 Å². The number of hydrogen-bond acceptors (Lipinski definition) is 3. The highest BCUT2D eigenvalue weighted by Crippen LogP contribution is 2.03. The first-order chi connectivity index (χ1) is 7.75. The molecule has 0 aliphatic carbocycles. The predicted molar refractivity (Wildman–Crippen MR) is 59.8 cm³/mol. The SMILES string of the molecule is Nc1c[nH]c(C(=O)NCCc2ncc[nH]2)c1. The van der Waals surface area contributed by atoms with Gasteiger partial charge in [-0.1, -0.05) is 0 Å². The number of nitrogens with two attached hydrogens (primary N) is 1. The van der Waals surface area contributed by atoms with Gasteiger partial charge in [0, 0.05) is 37.2 Å². The Morgan fingerprint density at radius 2 is 2.38 bits per heavy atom. The van der Waals surface area contributed by atoms with Crippen LogP contribution in [-0.4, -0.2) is 27.4 Å². The largest absolute Gasteiger partial charge is 0.397 e. The van der Waals surface area contributed by atoms with Crippen molar-refractivity contribution in [1.82, 2.24) is 20.3 Å². The van der Waals surface area contributed by atoms with Gasteiger partial charge in [0.05, 0.1) is 0 Å². The summed E-state index contributed by atoms with van der Waals surface area (Å²) in [5.41, 5.74) is 6.52.